The largest absolute Gasteiger partial charge is 0.265 e. The molecule has 0 unspecified atom stereocenters. The zero-order valence-electron chi connectivity index (χ0n) is 27.0. The molecule has 0 radical (unpaired) electrons. The summed E-state index contributed by atoms with van der Waals surface area (Å²) >= 11 is 0. The van der Waals surface area contributed by atoms with Crippen LogP contribution in [0.25, 0.3) is 89.2 Å². The number of fused-ring (bicyclic) bond motifs is 3. The van der Waals surface area contributed by atoms with Crippen molar-refractivity contribution in [3.8, 4) is 67.7 Å². The Bertz CT molecular complexity index is 2600. The number of pyridine rings is 2. The number of aromatic nitrogens is 5. The molecule has 50 heavy (non-hydrogen) atoms. The fourth-order valence-electron chi connectivity index (χ4n) is 6.44. The van der Waals surface area contributed by atoms with Crippen molar-refractivity contribution in [2.75, 3.05) is 0 Å². The molecule has 6 aromatic carbocycles. The van der Waals surface area contributed by atoms with Crippen molar-refractivity contribution in [3.63, 3.8) is 0 Å². The van der Waals surface area contributed by atoms with Gasteiger partial charge in [-0.15, -0.1) is 0 Å². The number of hydrogen-bond donors (Lipinski definition) is 0. The van der Waals surface area contributed by atoms with Crippen LogP contribution in [0.15, 0.2) is 176 Å². The Morgan fingerprint density at radius 3 is 1.42 bits per heavy atom. The Balaban J connectivity index is 1.07. The highest BCUT2D eigenvalue weighted by Gasteiger charge is 2.14. The summed E-state index contributed by atoms with van der Waals surface area (Å²) < 4.78 is 0. The molecule has 9 rings (SSSR count). The van der Waals surface area contributed by atoms with Gasteiger partial charge in [-0.3, -0.25) is 9.97 Å². The molecule has 3 heterocycles. The highest BCUT2D eigenvalue weighted by atomic mass is 15.0. The van der Waals surface area contributed by atoms with Crippen molar-refractivity contribution in [1.82, 2.24) is 24.9 Å². The summed E-state index contributed by atoms with van der Waals surface area (Å²) in [7, 11) is 0. The third-order valence-corrected chi connectivity index (χ3v) is 9.08. The molecule has 0 aliphatic rings. The number of benzene rings is 6. The van der Waals surface area contributed by atoms with Crippen LogP contribution in [0.2, 0.25) is 0 Å². The highest BCUT2D eigenvalue weighted by molar-refractivity contribution is 6.09. The monoisotopic (exact) mass is 639 g/mol. The molecule has 0 saturated carbocycles. The van der Waals surface area contributed by atoms with Gasteiger partial charge >= 0.3 is 0 Å². The van der Waals surface area contributed by atoms with Crippen molar-refractivity contribution < 1.29 is 0 Å². The van der Waals surface area contributed by atoms with Gasteiger partial charge in [-0.25, -0.2) is 15.0 Å². The number of rotatable bonds is 6. The predicted octanol–water partition coefficient (Wildman–Crippen LogP) is 11.0. The average molecular weight is 640 g/mol. The first-order valence-corrected chi connectivity index (χ1v) is 16.6. The van der Waals surface area contributed by atoms with Gasteiger partial charge in [-0.1, -0.05) is 127 Å². The minimum atomic E-state index is 0.640. The van der Waals surface area contributed by atoms with Gasteiger partial charge in [0.2, 0.25) is 0 Å². The van der Waals surface area contributed by atoms with Crippen LogP contribution in [0.5, 0.6) is 0 Å². The van der Waals surface area contributed by atoms with Crippen molar-refractivity contribution in [3.05, 3.63) is 176 Å². The van der Waals surface area contributed by atoms with Crippen LogP contribution in [-0.4, -0.2) is 24.9 Å². The lowest BCUT2D eigenvalue weighted by atomic mass is 9.96. The van der Waals surface area contributed by atoms with Gasteiger partial charge in [-0.2, -0.15) is 0 Å². The highest BCUT2D eigenvalue weighted by Crippen LogP contribution is 2.33. The van der Waals surface area contributed by atoms with Crippen LogP contribution >= 0.6 is 0 Å². The molecule has 0 atom stereocenters. The standard InChI is InChI=1S/C45H29N5/c1-3-7-30(8-4-1)31-11-13-34(14-12-31)44-48-43(33-9-5-2-6-10-33)49-45(50-44)38-18-21-41-37(28-38)16-15-36-27-35(17-20-40(36)41)39-19-22-42(47-29-39)32-23-25-46-26-24-32/h1-29H. The smallest absolute Gasteiger partial charge is 0.164 e. The Hall–Kier alpha value is -6.85. The van der Waals surface area contributed by atoms with Crippen molar-refractivity contribution >= 4 is 21.5 Å². The van der Waals surface area contributed by atoms with Crippen LogP contribution in [-0.2, 0) is 0 Å². The van der Waals surface area contributed by atoms with E-state index in [0.29, 0.717) is 17.5 Å². The summed E-state index contributed by atoms with van der Waals surface area (Å²) in [6.07, 6.45) is 5.52. The molecule has 0 N–H and O–H groups in total. The van der Waals surface area contributed by atoms with Crippen LogP contribution in [0, 0.1) is 0 Å². The van der Waals surface area contributed by atoms with Crippen molar-refractivity contribution in [2.24, 2.45) is 0 Å². The molecule has 0 spiro atoms. The quantitative estimate of drug-likeness (QED) is 0.169. The van der Waals surface area contributed by atoms with E-state index in [2.05, 4.69) is 114 Å². The van der Waals surface area contributed by atoms with E-state index in [1.165, 1.54) is 21.7 Å². The van der Waals surface area contributed by atoms with E-state index < -0.39 is 0 Å². The topological polar surface area (TPSA) is 64.5 Å². The first kappa shape index (κ1) is 29.3. The van der Waals surface area contributed by atoms with E-state index >= 15 is 0 Å². The molecular formula is C45H29N5. The van der Waals surface area contributed by atoms with E-state index in [4.69, 9.17) is 19.9 Å². The maximum absolute atomic E-state index is 5.01. The molecule has 0 aliphatic carbocycles. The van der Waals surface area contributed by atoms with Crippen molar-refractivity contribution in [2.45, 2.75) is 0 Å². The Labute approximate surface area is 289 Å². The van der Waals surface area contributed by atoms with Gasteiger partial charge < -0.3 is 0 Å². The van der Waals surface area contributed by atoms with Crippen LogP contribution in [0.3, 0.4) is 0 Å². The second-order valence-electron chi connectivity index (χ2n) is 12.2. The van der Waals surface area contributed by atoms with Gasteiger partial charge in [0.15, 0.2) is 17.5 Å². The van der Waals surface area contributed by atoms with E-state index in [1.807, 2.05) is 54.7 Å². The molecule has 5 heteroatoms. The van der Waals surface area contributed by atoms with Crippen LogP contribution in [0.1, 0.15) is 0 Å². The fraction of sp³-hybridized carbons (Fsp3) is 0. The van der Waals surface area contributed by atoms with Gasteiger partial charge in [0, 0.05) is 46.4 Å². The average Bonchev–Trinajstić information content (AvgIpc) is 3.21. The van der Waals surface area contributed by atoms with Crippen LogP contribution < -0.4 is 0 Å². The van der Waals surface area contributed by atoms with Gasteiger partial charge in [0.25, 0.3) is 0 Å². The summed E-state index contributed by atoms with van der Waals surface area (Å²) in [6.45, 7) is 0. The molecular weight excluding hydrogens is 611 g/mol. The van der Waals surface area contributed by atoms with Gasteiger partial charge in [-0.05, 0) is 68.6 Å². The lowest BCUT2D eigenvalue weighted by molar-refractivity contribution is 1.07. The second-order valence-corrected chi connectivity index (χ2v) is 12.2. The van der Waals surface area contributed by atoms with Crippen LogP contribution in [0.4, 0.5) is 0 Å². The zero-order valence-corrected chi connectivity index (χ0v) is 27.0. The number of hydrogen-bond acceptors (Lipinski definition) is 5. The van der Waals surface area contributed by atoms with Gasteiger partial charge in [0.1, 0.15) is 0 Å². The normalized spacial score (nSPS) is 11.2. The third-order valence-electron chi connectivity index (χ3n) is 9.08. The zero-order chi connectivity index (χ0) is 33.3. The Morgan fingerprint density at radius 2 is 0.800 bits per heavy atom. The molecule has 234 valence electrons. The minimum absolute atomic E-state index is 0.640. The summed E-state index contributed by atoms with van der Waals surface area (Å²) in [4.78, 5) is 23.7. The first-order valence-electron chi connectivity index (χ1n) is 16.6. The van der Waals surface area contributed by atoms with E-state index in [1.54, 1.807) is 12.4 Å². The lowest BCUT2D eigenvalue weighted by Gasteiger charge is -2.11. The third kappa shape index (κ3) is 5.67. The molecule has 5 nitrogen and oxygen atoms in total. The molecule has 9 aromatic rings. The van der Waals surface area contributed by atoms with E-state index in [0.717, 1.165) is 50.0 Å². The number of nitrogens with zero attached hydrogens (tertiary/aromatic N) is 5. The lowest BCUT2D eigenvalue weighted by Crippen LogP contribution is -2.00. The summed E-state index contributed by atoms with van der Waals surface area (Å²) in [5.41, 5.74) is 9.34. The fourth-order valence-corrected chi connectivity index (χ4v) is 6.44. The summed E-state index contributed by atoms with van der Waals surface area (Å²) in [5, 5.41) is 4.67. The molecule has 3 aromatic heterocycles. The van der Waals surface area contributed by atoms with Crippen molar-refractivity contribution in [1.29, 1.82) is 0 Å². The summed E-state index contributed by atoms with van der Waals surface area (Å²) in [5.74, 6) is 1.93. The second kappa shape index (κ2) is 12.6. The van der Waals surface area contributed by atoms with E-state index in [9.17, 15) is 0 Å². The Kier molecular flexibility index (Phi) is 7.41. The van der Waals surface area contributed by atoms with Gasteiger partial charge in [0.05, 0.1) is 5.69 Å². The molecule has 0 amide bonds. The van der Waals surface area contributed by atoms with E-state index in [-0.39, 0.29) is 0 Å². The molecule has 0 fully saturated rings. The first-order chi connectivity index (χ1) is 24.7. The maximum atomic E-state index is 5.01. The molecule has 0 bridgehead atoms. The molecule has 0 saturated heterocycles. The Morgan fingerprint density at radius 1 is 0.320 bits per heavy atom. The predicted molar refractivity (Wildman–Crippen MR) is 203 cm³/mol. The minimum Gasteiger partial charge on any atom is -0.265 e. The summed E-state index contributed by atoms with van der Waals surface area (Å²) in [6, 6.07) is 54.5. The SMILES string of the molecule is c1ccc(-c2ccc(-c3nc(-c4ccccc4)nc(-c4ccc5c(ccc6cc(-c7ccc(-c8ccncc8)nc7)ccc65)c4)n3)cc2)cc1. The maximum Gasteiger partial charge on any atom is 0.164 e. The molecule has 0 aliphatic heterocycles.